The number of aromatic nitrogens is 1. The summed E-state index contributed by atoms with van der Waals surface area (Å²) in [5.74, 6) is 0.440. The predicted octanol–water partition coefficient (Wildman–Crippen LogP) is 1.13. The number of rotatable bonds is 3. The minimum Gasteiger partial charge on any atom is -0.397 e. The third-order valence-corrected chi connectivity index (χ3v) is 2.14. The zero-order valence-corrected chi connectivity index (χ0v) is 9.31. The van der Waals surface area contributed by atoms with E-state index in [1.165, 1.54) is 6.20 Å². The highest BCUT2D eigenvalue weighted by Gasteiger charge is 2.12. The number of nitrogens with zero attached hydrogens (tertiary/aromatic N) is 4. The minimum atomic E-state index is -0.115. The zero-order valence-electron chi connectivity index (χ0n) is 9.31. The van der Waals surface area contributed by atoms with Crippen LogP contribution in [0.4, 0.5) is 11.5 Å². The fourth-order valence-electron chi connectivity index (χ4n) is 1.40. The van der Waals surface area contributed by atoms with Gasteiger partial charge in [0.25, 0.3) is 0 Å². The monoisotopic (exact) mass is 215 g/mol. The molecule has 0 aliphatic heterocycles. The molecule has 0 aromatic carbocycles. The number of nitrogens with two attached hydrogens (primary N) is 1. The van der Waals surface area contributed by atoms with Crippen molar-refractivity contribution in [3.63, 3.8) is 0 Å². The molecule has 0 fully saturated rings. The molecule has 1 aromatic heterocycles. The van der Waals surface area contributed by atoms with Crippen molar-refractivity contribution in [3.8, 4) is 12.1 Å². The van der Waals surface area contributed by atoms with Gasteiger partial charge in [-0.3, -0.25) is 0 Å². The van der Waals surface area contributed by atoms with Crippen LogP contribution in [0.3, 0.4) is 0 Å². The largest absolute Gasteiger partial charge is 0.397 e. The highest BCUT2D eigenvalue weighted by atomic mass is 15.2. The molecule has 1 heterocycles. The smallest absolute Gasteiger partial charge is 0.146 e. The Morgan fingerprint density at radius 2 is 2.25 bits per heavy atom. The van der Waals surface area contributed by atoms with E-state index in [1.54, 1.807) is 18.0 Å². The van der Waals surface area contributed by atoms with Gasteiger partial charge in [-0.05, 0) is 13.0 Å². The highest BCUT2D eigenvalue weighted by Crippen LogP contribution is 2.18. The predicted molar refractivity (Wildman–Crippen MR) is 61.4 cm³/mol. The van der Waals surface area contributed by atoms with Gasteiger partial charge < -0.3 is 10.6 Å². The Bertz CT molecular complexity index is 454. The van der Waals surface area contributed by atoms with E-state index in [0.717, 1.165) is 0 Å². The SMILES string of the molecule is CC(C#N)CN(C)c1ncc(N)cc1C#N. The van der Waals surface area contributed by atoms with Crippen molar-refractivity contribution < 1.29 is 0 Å². The maximum absolute atomic E-state index is 8.95. The third-order valence-electron chi connectivity index (χ3n) is 2.14. The van der Waals surface area contributed by atoms with Gasteiger partial charge >= 0.3 is 0 Å². The lowest BCUT2D eigenvalue weighted by atomic mass is 10.2. The van der Waals surface area contributed by atoms with Gasteiger partial charge in [-0.25, -0.2) is 4.98 Å². The van der Waals surface area contributed by atoms with Gasteiger partial charge in [-0.2, -0.15) is 10.5 Å². The van der Waals surface area contributed by atoms with E-state index in [2.05, 4.69) is 11.1 Å². The molecule has 2 N–H and O–H groups in total. The number of nitriles is 2. The van der Waals surface area contributed by atoms with Gasteiger partial charge in [0.2, 0.25) is 0 Å². The maximum atomic E-state index is 8.95. The van der Waals surface area contributed by atoms with Crippen molar-refractivity contribution in [2.45, 2.75) is 6.92 Å². The number of pyridine rings is 1. The van der Waals surface area contributed by atoms with E-state index in [0.29, 0.717) is 23.6 Å². The molecule has 0 spiro atoms. The fourth-order valence-corrected chi connectivity index (χ4v) is 1.40. The van der Waals surface area contributed by atoms with Gasteiger partial charge in [0.05, 0.1) is 29.4 Å². The lowest BCUT2D eigenvalue weighted by Gasteiger charge is -2.20. The molecule has 5 nitrogen and oxygen atoms in total. The van der Waals surface area contributed by atoms with Crippen molar-refractivity contribution in [3.05, 3.63) is 17.8 Å². The maximum Gasteiger partial charge on any atom is 0.146 e. The molecule has 0 saturated carbocycles. The normalized spacial score (nSPS) is 11.2. The number of hydrogen-bond acceptors (Lipinski definition) is 5. The average molecular weight is 215 g/mol. The summed E-state index contributed by atoms with van der Waals surface area (Å²) in [4.78, 5) is 5.89. The summed E-state index contributed by atoms with van der Waals surface area (Å²) in [5, 5.41) is 17.7. The molecule has 1 atom stereocenters. The van der Waals surface area contributed by atoms with Crippen LogP contribution in [0.5, 0.6) is 0 Å². The van der Waals surface area contributed by atoms with Crippen LogP contribution in [0.1, 0.15) is 12.5 Å². The molecule has 0 bridgehead atoms. The van der Waals surface area contributed by atoms with Crippen LogP contribution in [0.25, 0.3) is 0 Å². The van der Waals surface area contributed by atoms with E-state index >= 15 is 0 Å². The summed E-state index contributed by atoms with van der Waals surface area (Å²) in [6, 6.07) is 5.76. The Kier molecular flexibility index (Phi) is 3.68. The van der Waals surface area contributed by atoms with Crippen molar-refractivity contribution >= 4 is 11.5 Å². The van der Waals surface area contributed by atoms with Gasteiger partial charge in [0.15, 0.2) is 0 Å². The second-order valence-electron chi connectivity index (χ2n) is 3.66. The van der Waals surface area contributed by atoms with Crippen molar-refractivity contribution in [2.75, 3.05) is 24.2 Å². The molecule has 1 rings (SSSR count). The van der Waals surface area contributed by atoms with Crippen molar-refractivity contribution in [1.82, 2.24) is 4.98 Å². The summed E-state index contributed by atoms with van der Waals surface area (Å²) in [6.45, 7) is 2.35. The Labute approximate surface area is 94.7 Å². The van der Waals surface area contributed by atoms with E-state index in [1.807, 2.05) is 13.0 Å². The van der Waals surface area contributed by atoms with E-state index in [9.17, 15) is 0 Å². The summed E-state index contributed by atoms with van der Waals surface area (Å²) < 4.78 is 0. The standard InChI is InChI=1S/C11H13N5/c1-8(4-12)7-16(2)11-9(5-13)3-10(14)6-15-11/h3,6,8H,7,14H2,1-2H3. The zero-order chi connectivity index (χ0) is 12.1. The molecule has 0 amide bonds. The second kappa shape index (κ2) is 4.99. The van der Waals surface area contributed by atoms with Gasteiger partial charge in [0.1, 0.15) is 11.9 Å². The van der Waals surface area contributed by atoms with Crippen molar-refractivity contribution in [2.24, 2.45) is 5.92 Å². The molecule has 5 heteroatoms. The topological polar surface area (TPSA) is 89.7 Å². The molecule has 0 aliphatic rings. The van der Waals surface area contributed by atoms with Crippen LogP contribution in [-0.2, 0) is 0 Å². The molecule has 16 heavy (non-hydrogen) atoms. The minimum absolute atomic E-state index is 0.115. The number of nitrogen functional groups attached to an aromatic ring is 1. The first kappa shape index (κ1) is 11.8. The van der Waals surface area contributed by atoms with Crippen LogP contribution in [0.2, 0.25) is 0 Å². The van der Waals surface area contributed by atoms with E-state index in [-0.39, 0.29) is 5.92 Å². The first-order valence-electron chi connectivity index (χ1n) is 4.85. The van der Waals surface area contributed by atoms with Gasteiger partial charge in [0, 0.05) is 13.6 Å². The summed E-state index contributed by atoms with van der Waals surface area (Å²) in [5.41, 5.74) is 6.43. The summed E-state index contributed by atoms with van der Waals surface area (Å²) in [7, 11) is 1.80. The van der Waals surface area contributed by atoms with Crippen LogP contribution in [0, 0.1) is 28.6 Å². The summed E-state index contributed by atoms with van der Waals surface area (Å²) >= 11 is 0. The lowest BCUT2D eigenvalue weighted by Crippen LogP contribution is -2.25. The quantitative estimate of drug-likeness (QED) is 0.816. The van der Waals surface area contributed by atoms with Crippen LogP contribution in [-0.4, -0.2) is 18.6 Å². The molecule has 82 valence electrons. The molecule has 1 unspecified atom stereocenters. The number of anilines is 2. The Balaban J connectivity index is 2.96. The molecule has 0 saturated heterocycles. The summed E-state index contributed by atoms with van der Waals surface area (Å²) in [6.07, 6.45) is 1.50. The first-order valence-corrected chi connectivity index (χ1v) is 4.85. The van der Waals surface area contributed by atoms with Gasteiger partial charge in [-0.15, -0.1) is 0 Å². The molecular weight excluding hydrogens is 202 g/mol. The Hall–Kier alpha value is -2.27. The van der Waals surface area contributed by atoms with Crippen LogP contribution in [0.15, 0.2) is 12.3 Å². The van der Waals surface area contributed by atoms with Crippen LogP contribution >= 0.6 is 0 Å². The average Bonchev–Trinajstić information content (AvgIpc) is 2.28. The lowest BCUT2D eigenvalue weighted by molar-refractivity contribution is 0.710. The molecule has 0 aliphatic carbocycles. The van der Waals surface area contributed by atoms with E-state index in [4.69, 9.17) is 16.3 Å². The van der Waals surface area contributed by atoms with Crippen molar-refractivity contribution in [1.29, 1.82) is 10.5 Å². The second-order valence-corrected chi connectivity index (χ2v) is 3.66. The molecule has 0 radical (unpaired) electrons. The molecule has 1 aromatic rings. The van der Waals surface area contributed by atoms with E-state index < -0.39 is 0 Å². The van der Waals surface area contributed by atoms with Crippen LogP contribution < -0.4 is 10.6 Å². The molecular formula is C11H13N5. The third kappa shape index (κ3) is 2.61. The Morgan fingerprint density at radius 3 is 2.81 bits per heavy atom. The Morgan fingerprint density at radius 1 is 1.56 bits per heavy atom. The number of hydrogen-bond donors (Lipinski definition) is 1. The van der Waals surface area contributed by atoms with Gasteiger partial charge in [-0.1, -0.05) is 0 Å². The first-order chi connectivity index (χ1) is 7.58. The highest BCUT2D eigenvalue weighted by molar-refractivity contribution is 5.58. The fraction of sp³-hybridized carbons (Fsp3) is 0.364.